The molecule has 0 spiro atoms. The zero-order valence-electron chi connectivity index (χ0n) is 17.5. The van der Waals surface area contributed by atoms with E-state index in [0.717, 1.165) is 0 Å². The second-order valence-corrected chi connectivity index (χ2v) is 6.70. The molecule has 3 aromatic rings. The fourth-order valence-corrected chi connectivity index (χ4v) is 2.96. The molecule has 0 aliphatic rings. The van der Waals surface area contributed by atoms with E-state index in [1.807, 2.05) is 0 Å². The van der Waals surface area contributed by atoms with E-state index in [0.29, 0.717) is 40.5 Å². The zero-order valence-corrected chi connectivity index (χ0v) is 17.5. The van der Waals surface area contributed by atoms with Crippen LogP contribution in [0, 0.1) is 20.8 Å². The molecule has 31 heavy (non-hydrogen) atoms. The van der Waals surface area contributed by atoms with Gasteiger partial charge in [-0.15, -0.1) is 0 Å². The maximum atomic E-state index is 12.7. The maximum absolute atomic E-state index is 12.7. The lowest BCUT2D eigenvalue weighted by atomic mass is 10.1. The summed E-state index contributed by atoms with van der Waals surface area (Å²) in [5.41, 5.74) is 1.86. The Balaban J connectivity index is 1.77. The van der Waals surface area contributed by atoms with Gasteiger partial charge in [0.25, 0.3) is 11.6 Å². The number of urea groups is 1. The quantitative estimate of drug-likeness (QED) is 0.424. The Morgan fingerprint density at radius 1 is 1.16 bits per heavy atom. The molecular weight excluding hydrogens is 408 g/mol. The minimum Gasteiger partial charge on any atom is -0.466 e. The van der Waals surface area contributed by atoms with Crippen LogP contribution in [0.15, 0.2) is 21.1 Å². The smallest absolute Gasteiger partial charge is 0.339 e. The van der Waals surface area contributed by atoms with E-state index in [1.165, 1.54) is 13.2 Å². The largest absolute Gasteiger partial charge is 0.466 e. The summed E-state index contributed by atoms with van der Waals surface area (Å²) in [6, 6.07) is 2.60. The molecule has 3 rings (SSSR count). The molecule has 3 amide bonds. The van der Waals surface area contributed by atoms with Gasteiger partial charge in [-0.2, -0.15) is 0 Å². The van der Waals surface area contributed by atoms with E-state index in [1.54, 1.807) is 26.8 Å². The Hall–Kier alpha value is -3.73. The average molecular weight is 430 g/mol. The van der Waals surface area contributed by atoms with Gasteiger partial charge in [0.05, 0.1) is 28.9 Å². The van der Waals surface area contributed by atoms with Crippen molar-refractivity contribution in [1.29, 1.82) is 0 Å². The normalized spacial score (nSPS) is 10.8. The van der Waals surface area contributed by atoms with E-state index < -0.39 is 24.5 Å². The van der Waals surface area contributed by atoms with Crippen molar-refractivity contribution in [2.75, 3.05) is 26.9 Å². The molecule has 0 unspecified atom stereocenters. The molecule has 2 N–H and O–H groups in total. The second kappa shape index (κ2) is 9.39. The molecule has 0 fully saturated rings. The van der Waals surface area contributed by atoms with Gasteiger partial charge in [0.1, 0.15) is 11.5 Å². The number of nitrogens with one attached hydrogen (secondary N) is 2. The van der Waals surface area contributed by atoms with Gasteiger partial charge in [0, 0.05) is 19.2 Å². The van der Waals surface area contributed by atoms with E-state index in [-0.39, 0.29) is 17.8 Å². The van der Waals surface area contributed by atoms with Gasteiger partial charge in [0.2, 0.25) is 0 Å². The number of rotatable bonds is 7. The summed E-state index contributed by atoms with van der Waals surface area (Å²) < 4.78 is 20.7. The molecule has 0 atom stereocenters. The number of methoxy groups -OCH3 is 1. The first-order valence-electron chi connectivity index (χ1n) is 9.38. The van der Waals surface area contributed by atoms with Crippen LogP contribution in [-0.2, 0) is 14.3 Å². The summed E-state index contributed by atoms with van der Waals surface area (Å²) in [5.74, 6) is -0.253. The summed E-state index contributed by atoms with van der Waals surface area (Å²) in [4.78, 5) is 40.6. The number of aryl methyl sites for hydroxylation is 3. The fourth-order valence-electron chi connectivity index (χ4n) is 2.96. The van der Waals surface area contributed by atoms with Gasteiger partial charge in [-0.25, -0.2) is 14.6 Å². The van der Waals surface area contributed by atoms with Crippen LogP contribution in [0.1, 0.15) is 27.6 Å². The van der Waals surface area contributed by atoms with Crippen molar-refractivity contribution in [3.63, 3.8) is 0 Å². The molecule has 0 saturated carbocycles. The number of amides is 3. The van der Waals surface area contributed by atoms with Crippen LogP contribution in [0.2, 0.25) is 0 Å². The third-order valence-corrected chi connectivity index (χ3v) is 4.33. The van der Waals surface area contributed by atoms with E-state index in [4.69, 9.17) is 18.4 Å². The maximum Gasteiger partial charge on any atom is 0.339 e. The van der Waals surface area contributed by atoms with Gasteiger partial charge in [-0.1, -0.05) is 5.16 Å². The topological polar surface area (TPSA) is 146 Å². The van der Waals surface area contributed by atoms with Crippen molar-refractivity contribution < 1.29 is 32.8 Å². The molecule has 11 nitrogen and oxygen atoms in total. The Morgan fingerprint density at radius 2 is 1.94 bits per heavy atom. The number of nitrogens with zero attached hydrogens (tertiary/aromatic N) is 2. The monoisotopic (exact) mass is 430 g/mol. The predicted octanol–water partition coefficient (Wildman–Crippen LogP) is 2.04. The van der Waals surface area contributed by atoms with Crippen LogP contribution in [-0.4, -0.2) is 54.9 Å². The molecule has 11 heteroatoms. The summed E-state index contributed by atoms with van der Waals surface area (Å²) in [6.45, 7) is 5.11. The number of imide groups is 1. The second-order valence-electron chi connectivity index (χ2n) is 6.70. The number of pyridine rings is 1. The lowest BCUT2D eigenvalue weighted by Crippen LogP contribution is -2.42. The Bertz CT molecular complexity index is 1130. The van der Waals surface area contributed by atoms with Crippen molar-refractivity contribution in [2.24, 2.45) is 0 Å². The molecule has 0 aliphatic heterocycles. The van der Waals surface area contributed by atoms with Crippen molar-refractivity contribution >= 4 is 29.0 Å². The lowest BCUT2D eigenvalue weighted by Gasteiger charge is -2.08. The lowest BCUT2D eigenvalue weighted by molar-refractivity contribution is -0.123. The number of fused-ring (bicyclic) bond motifs is 1. The van der Waals surface area contributed by atoms with Crippen LogP contribution < -0.4 is 10.6 Å². The Morgan fingerprint density at radius 3 is 2.61 bits per heavy atom. The number of hydrogen-bond donors (Lipinski definition) is 2. The number of esters is 1. The third-order valence-electron chi connectivity index (χ3n) is 4.33. The standard InChI is InChI=1S/C20H22N4O7/c1-10-7-13(12(3)30-10)15-8-14(17-11(2)24-31-18(17)22-15)19(26)29-9-16(25)23-20(27)21-5-6-28-4/h7-8H,5-6,9H2,1-4H3,(H2,21,23,25,27). The number of aromatic nitrogens is 2. The van der Waals surface area contributed by atoms with Gasteiger partial charge in [-0.05, 0) is 32.9 Å². The minimum atomic E-state index is -0.784. The Kier molecular flexibility index (Phi) is 6.65. The van der Waals surface area contributed by atoms with Gasteiger partial charge in [0.15, 0.2) is 6.61 Å². The average Bonchev–Trinajstić information content (AvgIpc) is 3.27. The number of ether oxygens (including phenoxy) is 2. The van der Waals surface area contributed by atoms with E-state index in [2.05, 4.69) is 20.8 Å². The van der Waals surface area contributed by atoms with Crippen LogP contribution in [0.5, 0.6) is 0 Å². The molecule has 0 bridgehead atoms. The summed E-state index contributed by atoms with van der Waals surface area (Å²) in [5, 5.41) is 8.72. The summed E-state index contributed by atoms with van der Waals surface area (Å²) in [7, 11) is 1.48. The van der Waals surface area contributed by atoms with Gasteiger partial charge < -0.3 is 23.7 Å². The van der Waals surface area contributed by atoms with Crippen LogP contribution in [0.4, 0.5) is 4.79 Å². The van der Waals surface area contributed by atoms with Gasteiger partial charge in [-0.3, -0.25) is 10.1 Å². The number of furan rings is 1. The van der Waals surface area contributed by atoms with Crippen LogP contribution in [0.25, 0.3) is 22.4 Å². The van der Waals surface area contributed by atoms with Crippen LogP contribution in [0.3, 0.4) is 0 Å². The first kappa shape index (κ1) is 22.0. The predicted molar refractivity (Wildman–Crippen MR) is 107 cm³/mol. The molecule has 3 heterocycles. The molecule has 0 saturated heterocycles. The minimum absolute atomic E-state index is 0.134. The zero-order chi connectivity index (χ0) is 22.5. The van der Waals surface area contributed by atoms with Gasteiger partial charge >= 0.3 is 12.0 Å². The Labute approximate surface area is 177 Å². The third kappa shape index (κ3) is 5.07. The molecule has 0 aliphatic carbocycles. The van der Waals surface area contributed by atoms with Crippen molar-refractivity contribution in [3.05, 3.63) is 34.9 Å². The summed E-state index contributed by atoms with van der Waals surface area (Å²) in [6.07, 6.45) is 0. The first-order valence-corrected chi connectivity index (χ1v) is 9.38. The van der Waals surface area contributed by atoms with Crippen molar-refractivity contribution in [1.82, 2.24) is 20.8 Å². The molecule has 164 valence electrons. The van der Waals surface area contributed by atoms with E-state index >= 15 is 0 Å². The molecule has 3 aromatic heterocycles. The van der Waals surface area contributed by atoms with Crippen LogP contribution >= 0.6 is 0 Å². The van der Waals surface area contributed by atoms with Crippen molar-refractivity contribution in [2.45, 2.75) is 20.8 Å². The highest BCUT2D eigenvalue weighted by Crippen LogP contribution is 2.30. The molecular formula is C20H22N4O7. The van der Waals surface area contributed by atoms with Crippen molar-refractivity contribution in [3.8, 4) is 11.3 Å². The SMILES string of the molecule is COCCNC(=O)NC(=O)COC(=O)c1cc(-c2cc(C)oc2C)nc2onc(C)c12. The molecule has 0 aromatic carbocycles. The molecule has 0 radical (unpaired) electrons. The highest BCUT2D eigenvalue weighted by atomic mass is 16.5. The number of hydrogen-bond acceptors (Lipinski definition) is 9. The highest BCUT2D eigenvalue weighted by Gasteiger charge is 2.22. The number of carbonyl (C=O) groups is 3. The van der Waals surface area contributed by atoms with E-state index in [9.17, 15) is 14.4 Å². The highest BCUT2D eigenvalue weighted by molar-refractivity contribution is 6.05. The number of carbonyl (C=O) groups excluding carboxylic acids is 3. The summed E-state index contributed by atoms with van der Waals surface area (Å²) >= 11 is 0. The first-order chi connectivity index (χ1) is 14.8. The fraction of sp³-hybridized carbons (Fsp3) is 0.350.